The standard InChI is InChI=1S/C49H82F3IO3S/c1-3-5-7-9-11-13-15-17-19-21-23-25-27-29-31-33-35-45-37-41-47(42-38-45)53(56-57(54,55)49(50,51)52)48-43-39-46(40-44-48)36-34-32-30-28-26-24-22-20-18-16-14-12-10-8-6-4-2/h37-44H,3-36H2,1-2H3. The number of unbranched alkanes of at least 4 members (excludes halogenated alkanes) is 30. The van der Waals surface area contributed by atoms with Crippen molar-refractivity contribution in [2.45, 2.75) is 238 Å². The first-order valence-corrected chi connectivity index (χ1v) is 28.0. The van der Waals surface area contributed by atoms with E-state index >= 15 is 0 Å². The Hall–Kier alpha value is -1.13. The van der Waals surface area contributed by atoms with Crippen LogP contribution < -0.4 is 0 Å². The van der Waals surface area contributed by atoms with E-state index in [0.29, 0.717) is 7.14 Å². The van der Waals surface area contributed by atoms with E-state index < -0.39 is 35.9 Å². The summed E-state index contributed by atoms with van der Waals surface area (Å²) >= 11 is -3.39. The third-order valence-corrected chi connectivity index (χ3v) is 18.3. The predicted molar refractivity (Wildman–Crippen MR) is 247 cm³/mol. The molecule has 0 spiro atoms. The van der Waals surface area contributed by atoms with Crippen LogP contribution in [0.1, 0.15) is 230 Å². The summed E-state index contributed by atoms with van der Waals surface area (Å²) in [5.74, 6) is 0. The molecule has 0 atom stereocenters. The first-order valence-electron chi connectivity index (χ1n) is 23.6. The van der Waals surface area contributed by atoms with Crippen molar-refractivity contribution < 1.29 is 24.1 Å². The van der Waals surface area contributed by atoms with Crippen LogP contribution in [0.2, 0.25) is 0 Å². The Morgan fingerprint density at radius 2 is 0.632 bits per heavy atom. The van der Waals surface area contributed by atoms with Gasteiger partial charge in [0.2, 0.25) is 0 Å². The summed E-state index contributed by atoms with van der Waals surface area (Å²) in [6, 6.07) is 14.8. The van der Waals surface area contributed by atoms with Crippen LogP contribution in [0.15, 0.2) is 48.5 Å². The predicted octanol–water partition coefficient (Wildman–Crippen LogP) is 17.6. The minimum atomic E-state index is -5.72. The van der Waals surface area contributed by atoms with E-state index in [1.807, 2.05) is 24.3 Å². The maximum absolute atomic E-state index is 13.4. The SMILES string of the molecule is CCCCCCCCCCCCCCCCCCc1ccc(I(OS(=O)(=O)C(F)(F)F)c2ccc(CCCCCCCCCCCCCCCCCC)cc2)cc1. The molecule has 0 aliphatic carbocycles. The van der Waals surface area contributed by atoms with E-state index in [4.69, 9.17) is 2.51 Å². The average molecular weight is 935 g/mol. The summed E-state index contributed by atoms with van der Waals surface area (Å²) in [6.45, 7) is 4.54. The molecular formula is C49H82F3IO3S. The summed E-state index contributed by atoms with van der Waals surface area (Å²) in [4.78, 5) is 0. The van der Waals surface area contributed by atoms with E-state index in [1.54, 1.807) is 24.3 Å². The fourth-order valence-corrected chi connectivity index (χ4v) is 14.0. The number of hydrogen-bond donors (Lipinski definition) is 0. The zero-order chi connectivity index (χ0) is 41.3. The Morgan fingerprint density at radius 3 is 0.860 bits per heavy atom. The monoisotopic (exact) mass is 934 g/mol. The van der Waals surface area contributed by atoms with Crippen LogP contribution in [0.5, 0.6) is 0 Å². The first kappa shape index (κ1) is 52.0. The van der Waals surface area contributed by atoms with Gasteiger partial charge in [0, 0.05) is 0 Å². The van der Waals surface area contributed by atoms with Gasteiger partial charge in [0.25, 0.3) is 0 Å². The second-order valence-electron chi connectivity index (χ2n) is 16.6. The summed E-state index contributed by atoms with van der Waals surface area (Å²) < 4.78 is 70.8. The van der Waals surface area contributed by atoms with Crippen LogP contribution >= 0.6 is 20.2 Å². The Bertz CT molecular complexity index is 1240. The molecule has 0 unspecified atom stereocenters. The molecule has 2 aromatic rings. The average Bonchev–Trinajstić information content (AvgIpc) is 3.20. The van der Waals surface area contributed by atoms with Gasteiger partial charge >= 0.3 is 229 Å². The molecule has 0 N–H and O–H groups in total. The normalized spacial score (nSPS) is 12.4. The van der Waals surface area contributed by atoms with Crippen LogP contribution in [0, 0.1) is 7.14 Å². The molecule has 0 saturated heterocycles. The molecule has 0 aliphatic rings. The van der Waals surface area contributed by atoms with E-state index in [9.17, 15) is 21.6 Å². The molecule has 0 amide bonds. The zero-order valence-corrected chi connectivity index (χ0v) is 39.3. The molecule has 57 heavy (non-hydrogen) atoms. The molecular weight excluding hydrogens is 853 g/mol. The van der Waals surface area contributed by atoms with Crippen molar-refractivity contribution in [1.29, 1.82) is 0 Å². The Morgan fingerprint density at radius 1 is 0.404 bits per heavy atom. The Balaban J connectivity index is 1.67. The second-order valence-corrected chi connectivity index (χ2v) is 23.1. The summed E-state index contributed by atoms with van der Waals surface area (Å²) in [7, 11) is -5.72. The summed E-state index contributed by atoms with van der Waals surface area (Å²) in [5, 5.41) is 0. The van der Waals surface area contributed by atoms with Gasteiger partial charge in [0.15, 0.2) is 0 Å². The molecule has 0 bridgehead atoms. The van der Waals surface area contributed by atoms with Crippen LogP contribution in [-0.4, -0.2) is 13.9 Å². The van der Waals surface area contributed by atoms with Gasteiger partial charge in [0.1, 0.15) is 0 Å². The number of benzene rings is 2. The van der Waals surface area contributed by atoms with Crippen molar-refractivity contribution in [2.75, 3.05) is 0 Å². The van der Waals surface area contributed by atoms with Gasteiger partial charge in [0.05, 0.1) is 0 Å². The Labute approximate surface area is 356 Å². The summed E-state index contributed by atoms with van der Waals surface area (Å²) in [5.41, 5.74) is -3.22. The minimum absolute atomic E-state index is 0.549. The van der Waals surface area contributed by atoms with Crippen LogP contribution in [0.4, 0.5) is 13.2 Å². The summed E-state index contributed by atoms with van der Waals surface area (Å²) in [6.07, 6.45) is 44.1. The van der Waals surface area contributed by atoms with Crippen molar-refractivity contribution in [3.8, 4) is 0 Å². The van der Waals surface area contributed by atoms with E-state index in [0.717, 1.165) is 49.7 Å². The number of alkyl halides is 3. The molecule has 0 aliphatic heterocycles. The van der Waals surface area contributed by atoms with Crippen molar-refractivity contribution in [1.82, 2.24) is 0 Å². The van der Waals surface area contributed by atoms with Crippen molar-refractivity contribution >= 4 is 30.4 Å². The quantitative estimate of drug-likeness (QED) is 0.0383. The maximum atomic E-state index is 13.4. The van der Waals surface area contributed by atoms with Crippen molar-refractivity contribution in [3.05, 3.63) is 66.8 Å². The van der Waals surface area contributed by atoms with Crippen molar-refractivity contribution in [2.24, 2.45) is 0 Å². The van der Waals surface area contributed by atoms with Gasteiger partial charge in [-0.05, 0) is 0 Å². The molecule has 2 aromatic carbocycles. The molecule has 330 valence electrons. The van der Waals surface area contributed by atoms with Crippen LogP contribution in [0.25, 0.3) is 0 Å². The van der Waals surface area contributed by atoms with Gasteiger partial charge in [-0.3, -0.25) is 0 Å². The third kappa shape index (κ3) is 26.0. The number of aryl methyl sites for hydroxylation is 2. The van der Waals surface area contributed by atoms with E-state index in [-0.39, 0.29) is 0 Å². The zero-order valence-electron chi connectivity index (χ0n) is 36.3. The molecule has 2 rings (SSSR count). The first-order chi connectivity index (χ1) is 27.7. The molecule has 3 nitrogen and oxygen atoms in total. The number of halogens is 4. The molecule has 0 fully saturated rings. The Kier molecular flexibility index (Phi) is 30.6. The fourth-order valence-electron chi connectivity index (χ4n) is 7.60. The fraction of sp³-hybridized carbons (Fsp3) is 0.755. The van der Waals surface area contributed by atoms with Crippen molar-refractivity contribution in [3.63, 3.8) is 0 Å². The van der Waals surface area contributed by atoms with Crippen LogP contribution in [-0.2, 0) is 25.5 Å². The van der Waals surface area contributed by atoms with Gasteiger partial charge in [-0.2, -0.15) is 0 Å². The molecule has 0 heterocycles. The topological polar surface area (TPSA) is 43.4 Å². The van der Waals surface area contributed by atoms with Gasteiger partial charge < -0.3 is 0 Å². The van der Waals surface area contributed by atoms with Gasteiger partial charge in [-0.25, -0.2) is 0 Å². The number of hydrogen-bond acceptors (Lipinski definition) is 3. The molecule has 0 saturated carbocycles. The van der Waals surface area contributed by atoms with Gasteiger partial charge in [-0.15, -0.1) is 0 Å². The van der Waals surface area contributed by atoms with E-state index in [2.05, 4.69) is 13.8 Å². The van der Waals surface area contributed by atoms with Gasteiger partial charge in [-0.1, -0.05) is 129 Å². The molecule has 0 aromatic heterocycles. The van der Waals surface area contributed by atoms with Crippen LogP contribution in [0.3, 0.4) is 0 Å². The number of rotatable bonds is 38. The third-order valence-electron chi connectivity index (χ3n) is 11.3. The molecule has 8 heteroatoms. The van der Waals surface area contributed by atoms with E-state index in [1.165, 1.54) is 180 Å². The second kappa shape index (κ2) is 33.6. The molecule has 0 radical (unpaired) electrons.